The number of aryl methyl sites for hydroxylation is 1. The molecule has 5 rings (SSSR count). The number of halogens is 5. The van der Waals surface area contributed by atoms with Gasteiger partial charge in [0.15, 0.2) is 0 Å². The van der Waals surface area contributed by atoms with Crippen LogP contribution >= 0.6 is 11.6 Å². The predicted octanol–water partition coefficient (Wildman–Crippen LogP) is 7.88. The summed E-state index contributed by atoms with van der Waals surface area (Å²) in [6.45, 7) is 2.48. The van der Waals surface area contributed by atoms with Crippen molar-refractivity contribution in [3.8, 4) is 0 Å². The van der Waals surface area contributed by atoms with Gasteiger partial charge in [-0.1, -0.05) is 60.1 Å². The number of hydrogen-bond donors (Lipinski definition) is 0. The molecule has 1 aliphatic heterocycles. The van der Waals surface area contributed by atoms with Crippen LogP contribution in [-0.2, 0) is 19.0 Å². The molecular weight excluding hydrogens is 500 g/mol. The van der Waals surface area contributed by atoms with Crippen LogP contribution in [0.15, 0.2) is 60.9 Å². The first-order valence-electron chi connectivity index (χ1n) is 12.7. The van der Waals surface area contributed by atoms with Crippen molar-refractivity contribution in [1.29, 1.82) is 0 Å². The second kappa shape index (κ2) is 11.0. The molecule has 0 bridgehead atoms. The summed E-state index contributed by atoms with van der Waals surface area (Å²) in [5.74, 6) is 0.547. The van der Waals surface area contributed by atoms with Crippen LogP contribution in [0.2, 0.25) is 5.02 Å². The monoisotopic (exact) mass is 528 g/mol. The summed E-state index contributed by atoms with van der Waals surface area (Å²) >= 11 is 6.07. The van der Waals surface area contributed by atoms with Gasteiger partial charge in [-0.3, -0.25) is 9.37 Å². The Balaban J connectivity index is 1.53. The average molecular weight is 529 g/mol. The van der Waals surface area contributed by atoms with E-state index in [0.29, 0.717) is 24.3 Å². The molecule has 2 heterocycles. The maximum Gasteiger partial charge on any atom is 0.418 e. The molecule has 1 fully saturated rings. The quantitative estimate of drug-likeness (QED) is 0.290. The van der Waals surface area contributed by atoms with Crippen molar-refractivity contribution < 1.29 is 17.6 Å². The fourth-order valence-corrected chi connectivity index (χ4v) is 5.95. The first kappa shape index (κ1) is 25.9. The Kier molecular flexibility index (Phi) is 7.68. The lowest BCUT2D eigenvalue weighted by Gasteiger charge is -2.39. The minimum atomic E-state index is -4.59. The highest BCUT2D eigenvalue weighted by Gasteiger charge is 2.38. The van der Waals surface area contributed by atoms with Crippen molar-refractivity contribution in [2.24, 2.45) is 5.92 Å². The normalized spacial score (nSPS) is 16.9. The van der Waals surface area contributed by atoms with Gasteiger partial charge < -0.3 is 4.90 Å². The van der Waals surface area contributed by atoms with Gasteiger partial charge in [-0.2, -0.15) is 13.2 Å². The Morgan fingerprint density at radius 1 is 0.946 bits per heavy atom. The smallest absolute Gasteiger partial charge is 0.303 e. The van der Waals surface area contributed by atoms with Crippen LogP contribution in [0.4, 0.5) is 17.6 Å². The zero-order chi connectivity index (χ0) is 26.0. The van der Waals surface area contributed by atoms with E-state index in [1.54, 1.807) is 0 Å². The first-order valence-corrected chi connectivity index (χ1v) is 13.1. The van der Waals surface area contributed by atoms with E-state index < -0.39 is 11.7 Å². The van der Waals surface area contributed by atoms with Crippen LogP contribution in [0.25, 0.3) is 11.1 Å². The van der Waals surface area contributed by atoms with Crippen molar-refractivity contribution in [1.82, 2.24) is 9.88 Å². The zero-order valence-corrected chi connectivity index (χ0v) is 21.3. The molecule has 7 heteroatoms. The van der Waals surface area contributed by atoms with Crippen molar-refractivity contribution >= 4 is 22.7 Å². The van der Waals surface area contributed by atoms with Crippen molar-refractivity contribution in [2.75, 3.05) is 26.3 Å². The molecule has 1 saturated heterocycles. The molecule has 0 amide bonds. The van der Waals surface area contributed by atoms with Gasteiger partial charge >= 0.3 is 6.18 Å². The molecule has 194 valence electrons. The topological polar surface area (TPSA) is 16.1 Å². The van der Waals surface area contributed by atoms with Crippen LogP contribution in [0.1, 0.15) is 52.6 Å². The molecule has 0 N–H and O–H groups in total. The molecule has 2 aromatic carbocycles. The molecule has 1 aliphatic carbocycles. The lowest BCUT2D eigenvalue weighted by atomic mass is 9.85. The fourth-order valence-electron chi connectivity index (χ4n) is 5.69. The Hall–Kier alpha value is -2.70. The Morgan fingerprint density at radius 3 is 2.43 bits per heavy atom. The summed E-state index contributed by atoms with van der Waals surface area (Å²) in [7, 11) is 0. The molecule has 2 aliphatic rings. The van der Waals surface area contributed by atoms with E-state index in [-0.39, 0.29) is 17.3 Å². The van der Waals surface area contributed by atoms with Gasteiger partial charge in [0.1, 0.15) is 0 Å². The first-order chi connectivity index (χ1) is 17.8. The highest BCUT2D eigenvalue weighted by molar-refractivity contribution is 6.31. The van der Waals surface area contributed by atoms with E-state index in [0.717, 1.165) is 67.4 Å². The number of fused-ring (bicyclic) bond motifs is 1. The van der Waals surface area contributed by atoms with Gasteiger partial charge in [0.05, 0.1) is 17.3 Å². The number of likely N-dealkylation sites (tertiary alicyclic amines) is 1. The maximum atomic E-state index is 14.1. The molecule has 37 heavy (non-hydrogen) atoms. The van der Waals surface area contributed by atoms with E-state index in [2.05, 4.69) is 28.1 Å². The molecule has 0 unspecified atom stereocenters. The third-order valence-corrected chi connectivity index (χ3v) is 7.66. The molecule has 0 radical (unpaired) electrons. The lowest BCUT2D eigenvalue weighted by molar-refractivity contribution is -0.137. The SMILES string of the molecule is FCCCN1CC(Cc2ccc(C3=C(c4cncc(Cl)c4C(F)(F)F)CCCc4ccccc43)cc2)C1. The molecule has 0 saturated carbocycles. The summed E-state index contributed by atoms with van der Waals surface area (Å²) in [6, 6.07) is 16.2. The molecule has 0 atom stereocenters. The average Bonchev–Trinajstić information content (AvgIpc) is 3.04. The summed E-state index contributed by atoms with van der Waals surface area (Å²) in [6.07, 6.45) is 1.31. The van der Waals surface area contributed by atoms with Gasteiger partial charge in [-0.15, -0.1) is 0 Å². The minimum absolute atomic E-state index is 0.0543. The third kappa shape index (κ3) is 5.60. The number of pyridine rings is 1. The number of nitrogens with zero attached hydrogens (tertiary/aromatic N) is 2. The number of benzene rings is 2. The van der Waals surface area contributed by atoms with Gasteiger partial charge in [-0.25, -0.2) is 0 Å². The number of aromatic nitrogens is 1. The highest BCUT2D eigenvalue weighted by atomic mass is 35.5. The molecule has 3 aromatic rings. The fraction of sp³-hybridized carbons (Fsp3) is 0.367. The Labute approximate surface area is 220 Å². The predicted molar refractivity (Wildman–Crippen MR) is 140 cm³/mol. The molecule has 1 aromatic heterocycles. The van der Waals surface area contributed by atoms with E-state index >= 15 is 0 Å². The largest absolute Gasteiger partial charge is 0.418 e. The van der Waals surface area contributed by atoms with E-state index in [9.17, 15) is 17.6 Å². The molecule has 0 spiro atoms. The van der Waals surface area contributed by atoms with E-state index in [1.807, 2.05) is 30.3 Å². The van der Waals surface area contributed by atoms with Crippen molar-refractivity contribution in [3.63, 3.8) is 0 Å². The van der Waals surface area contributed by atoms with Crippen LogP contribution in [-0.4, -0.2) is 36.2 Å². The summed E-state index contributed by atoms with van der Waals surface area (Å²) < 4.78 is 54.8. The van der Waals surface area contributed by atoms with Crippen molar-refractivity contribution in [2.45, 2.75) is 38.3 Å². The second-order valence-corrected chi connectivity index (χ2v) is 10.4. The molecular formula is C30H29ClF4N2. The third-order valence-electron chi connectivity index (χ3n) is 7.38. The maximum absolute atomic E-state index is 14.1. The number of rotatable bonds is 7. The number of allylic oxidation sites excluding steroid dienone is 1. The highest BCUT2D eigenvalue weighted by Crippen LogP contribution is 2.45. The standard InChI is InChI=1S/C30H29ClF4N2/c31-27-17-36-16-26(29(27)30(33,34)35)25-8-3-6-22-5-1-2-7-24(22)28(25)23-11-9-20(10-12-23)15-21-18-37(19-21)14-4-13-32/h1-2,5,7,9-12,16-17,21H,3-4,6,8,13-15,18-19H2. The van der Waals surface area contributed by atoms with Crippen LogP contribution < -0.4 is 0 Å². The van der Waals surface area contributed by atoms with Crippen LogP contribution in [0.5, 0.6) is 0 Å². The van der Waals surface area contributed by atoms with Gasteiger partial charge in [0.2, 0.25) is 0 Å². The number of alkyl halides is 4. The summed E-state index contributed by atoms with van der Waals surface area (Å²) in [5, 5.41) is -0.384. The Morgan fingerprint density at radius 2 is 1.70 bits per heavy atom. The van der Waals surface area contributed by atoms with Gasteiger partial charge in [0, 0.05) is 37.6 Å². The molecule has 2 nitrogen and oxygen atoms in total. The van der Waals surface area contributed by atoms with Gasteiger partial charge in [0.25, 0.3) is 0 Å². The van der Waals surface area contributed by atoms with Crippen LogP contribution in [0.3, 0.4) is 0 Å². The summed E-state index contributed by atoms with van der Waals surface area (Å²) in [5.41, 5.74) is 4.84. The minimum Gasteiger partial charge on any atom is -0.303 e. The van der Waals surface area contributed by atoms with Crippen LogP contribution in [0, 0.1) is 5.92 Å². The zero-order valence-electron chi connectivity index (χ0n) is 20.5. The second-order valence-electron chi connectivity index (χ2n) is 9.98. The van der Waals surface area contributed by atoms with Gasteiger partial charge in [-0.05, 0) is 71.4 Å². The number of hydrogen-bond acceptors (Lipinski definition) is 2. The van der Waals surface area contributed by atoms with E-state index in [1.165, 1.54) is 11.8 Å². The Bertz CT molecular complexity index is 1280. The summed E-state index contributed by atoms with van der Waals surface area (Å²) in [4.78, 5) is 6.32. The van der Waals surface area contributed by atoms with E-state index in [4.69, 9.17) is 11.6 Å². The van der Waals surface area contributed by atoms with Crippen molar-refractivity contribution in [3.05, 3.63) is 99.3 Å². The lowest BCUT2D eigenvalue weighted by Crippen LogP contribution is -2.47.